The fourth-order valence-electron chi connectivity index (χ4n) is 2.19. The Morgan fingerprint density at radius 3 is 3.25 bits per heavy atom. The predicted molar refractivity (Wildman–Crippen MR) is 76.0 cm³/mol. The highest BCUT2D eigenvalue weighted by molar-refractivity contribution is 7.98. The first kappa shape index (κ1) is 12.7. The van der Waals surface area contributed by atoms with Crippen LogP contribution in [0, 0.1) is 0 Å². The maximum Gasteiger partial charge on any atom is 0.0934 e. The van der Waals surface area contributed by atoms with E-state index >= 15 is 0 Å². The molecule has 1 atom stereocenters. The molecule has 1 unspecified atom stereocenters. The van der Waals surface area contributed by atoms with Crippen LogP contribution in [-0.4, -0.2) is 18.6 Å². The lowest BCUT2D eigenvalue weighted by Gasteiger charge is -2.12. The van der Waals surface area contributed by atoms with Gasteiger partial charge in [-0.1, -0.05) is 11.6 Å². The number of hydrogen-bond donors (Lipinski definition) is 1. The normalized spacial score (nSPS) is 19.0. The number of aryl methyl sites for hydroxylation is 1. The lowest BCUT2D eigenvalue weighted by Crippen LogP contribution is -2.20. The quantitative estimate of drug-likeness (QED) is 0.784. The molecule has 4 heteroatoms. The van der Waals surface area contributed by atoms with Gasteiger partial charge in [0, 0.05) is 10.9 Å². The van der Waals surface area contributed by atoms with E-state index in [1.54, 1.807) is 11.3 Å². The van der Waals surface area contributed by atoms with Crippen LogP contribution in [0.2, 0.25) is 4.34 Å². The van der Waals surface area contributed by atoms with Crippen LogP contribution in [0.15, 0.2) is 6.07 Å². The van der Waals surface area contributed by atoms with E-state index in [0.29, 0.717) is 6.04 Å². The first-order valence-electron chi connectivity index (χ1n) is 5.81. The molecule has 1 heterocycles. The Morgan fingerprint density at radius 2 is 2.44 bits per heavy atom. The minimum absolute atomic E-state index is 0.563. The highest BCUT2D eigenvalue weighted by Crippen LogP contribution is 2.39. The molecule has 1 aromatic rings. The third-order valence-electron chi connectivity index (χ3n) is 3.01. The minimum atomic E-state index is 0.563. The average Bonchev–Trinajstić information content (AvgIpc) is 2.78. The Labute approximate surface area is 111 Å². The molecule has 0 bridgehead atoms. The lowest BCUT2D eigenvalue weighted by atomic mass is 10.1. The molecule has 2 rings (SSSR count). The Morgan fingerprint density at radius 1 is 1.56 bits per heavy atom. The fraction of sp³-hybridized carbons (Fsp3) is 0.667. The third kappa shape index (κ3) is 3.16. The van der Waals surface area contributed by atoms with E-state index < -0.39 is 0 Å². The zero-order valence-corrected chi connectivity index (χ0v) is 12.0. The van der Waals surface area contributed by atoms with Crippen molar-refractivity contribution >= 4 is 34.7 Å². The average molecular weight is 276 g/mol. The van der Waals surface area contributed by atoms with E-state index in [9.17, 15) is 0 Å². The summed E-state index contributed by atoms with van der Waals surface area (Å²) in [6, 6.07) is 2.71. The van der Waals surface area contributed by atoms with Crippen LogP contribution in [-0.2, 0) is 6.42 Å². The van der Waals surface area contributed by atoms with E-state index in [1.807, 2.05) is 11.8 Å². The molecule has 1 aliphatic carbocycles. The number of rotatable bonds is 6. The molecule has 0 aromatic carbocycles. The number of halogens is 1. The summed E-state index contributed by atoms with van der Waals surface area (Å²) in [5.74, 6) is 1.28. The van der Waals surface area contributed by atoms with Crippen LogP contribution in [0.4, 0.5) is 0 Å². The molecule has 0 aliphatic heterocycles. The van der Waals surface area contributed by atoms with Crippen LogP contribution in [0.1, 0.15) is 35.7 Å². The smallest absolute Gasteiger partial charge is 0.0934 e. The molecule has 0 saturated heterocycles. The topological polar surface area (TPSA) is 12.0 Å². The second kappa shape index (κ2) is 6.29. The second-order valence-corrected chi connectivity index (χ2v) is 6.93. The minimum Gasteiger partial charge on any atom is -0.310 e. The largest absolute Gasteiger partial charge is 0.310 e. The van der Waals surface area contributed by atoms with Gasteiger partial charge in [-0.3, -0.25) is 0 Å². The van der Waals surface area contributed by atoms with E-state index in [2.05, 4.69) is 17.6 Å². The standard InChI is InChI=1S/C12H18ClNS2/c1-15-7-3-2-6-14-10-4-5-11-9(10)8-12(13)16-11/h8,10,14H,2-7H2,1H3. The van der Waals surface area contributed by atoms with Crippen molar-refractivity contribution in [2.45, 2.75) is 31.7 Å². The van der Waals surface area contributed by atoms with Gasteiger partial charge in [-0.05, 0) is 55.9 Å². The number of thioether (sulfide) groups is 1. The third-order valence-corrected chi connectivity index (χ3v) is 5.05. The number of unbranched alkanes of at least 4 members (excludes halogenated alkanes) is 1. The van der Waals surface area contributed by atoms with Crippen molar-refractivity contribution in [2.75, 3.05) is 18.6 Å². The van der Waals surface area contributed by atoms with Crippen molar-refractivity contribution in [3.8, 4) is 0 Å². The molecule has 0 saturated carbocycles. The van der Waals surface area contributed by atoms with Gasteiger partial charge in [-0.15, -0.1) is 11.3 Å². The van der Waals surface area contributed by atoms with Gasteiger partial charge in [0.05, 0.1) is 4.34 Å². The second-order valence-electron chi connectivity index (χ2n) is 4.17. The molecule has 16 heavy (non-hydrogen) atoms. The highest BCUT2D eigenvalue weighted by Gasteiger charge is 2.24. The van der Waals surface area contributed by atoms with Gasteiger partial charge in [-0.25, -0.2) is 0 Å². The molecule has 0 spiro atoms. The molecule has 1 aromatic heterocycles. The van der Waals surface area contributed by atoms with E-state index in [4.69, 9.17) is 11.6 Å². The van der Waals surface area contributed by atoms with Crippen molar-refractivity contribution in [1.82, 2.24) is 5.32 Å². The zero-order chi connectivity index (χ0) is 11.4. The van der Waals surface area contributed by atoms with Crippen LogP contribution < -0.4 is 5.32 Å². The van der Waals surface area contributed by atoms with Gasteiger partial charge >= 0.3 is 0 Å². The summed E-state index contributed by atoms with van der Waals surface area (Å²) >= 11 is 9.72. The van der Waals surface area contributed by atoms with Crippen molar-refractivity contribution in [1.29, 1.82) is 0 Å². The summed E-state index contributed by atoms with van der Waals surface area (Å²) in [5, 5.41) is 3.65. The Bertz CT molecular complexity index is 338. The van der Waals surface area contributed by atoms with Crippen molar-refractivity contribution in [3.05, 3.63) is 20.8 Å². The van der Waals surface area contributed by atoms with E-state index in [1.165, 1.54) is 41.9 Å². The first-order valence-corrected chi connectivity index (χ1v) is 8.40. The van der Waals surface area contributed by atoms with Gasteiger partial charge in [0.2, 0.25) is 0 Å². The molecule has 0 fully saturated rings. The molecule has 0 radical (unpaired) electrons. The summed E-state index contributed by atoms with van der Waals surface area (Å²) in [6.07, 6.45) is 7.22. The summed E-state index contributed by atoms with van der Waals surface area (Å²) in [7, 11) is 0. The number of hydrogen-bond acceptors (Lipinski definition) is 3. The SMILES string of the molecule is CSCCCCNC1CCc2sc(Cl)cc21. The van der Waals surface area contributed by atoms with Gasteiger partial charge in [0.15, 0.2) is 0 Å². The van der Waals surface area contributed by atoms with Gasteiger partial charge in [-0.2, -0.15) is 11.8 Å². The monoisotopic (exact) mass is 275 g/mol. The first-order chi connectivity index (χ1) is 7.81. The molecule has 90 valence electrons. The Hall–Kier alpha value is 0.300. The molecule has 1 aliphatic rings. The predicted octanol–water partition coefficient (Wildman–Crippen LogP) is 4.12. The maximum atomic E-state index is 6.03. The van der Waals surface area contributed by atoms with Gasteiger partial charge < -0.3 is 5.32 Å². The fourth-order valence-corrected chi connectivity index (χ4v) is 4.04. The van der Waals surface area contributed by atoms with Crippen molar-refractivity contribution in [2.24, 2.45) is 0 Å². The number of nitrogens with one attached hydrogen (secondary N) is 1. The van der Waals surface area contributed by atoms with Crippen molar-refractivity contribution in [3.63, 3.8) is 0 Å². The highest BCUT2D eigenvalue weighted by atomic mass is 35.5. The summed E-state index contributed by atoms with van der Waals surface area (Å²) < 4.78 is 0.943. The van der Waals surface area contributed by atoms with Crippen molar-refractivity contribution < 1.29 is 0 Å². The van der Waals surface area contributed by atoms with Crippen LogP contribution >= 0.6 is 34.7 Å². The van der Waals surface area contributed by atoms with Crippen LogP contribution in [0.5, 0.6) is 0 Å². The van der Waals surface area contributed by atoms with Gasteiger partial charge in [0.25, 0.3) is 0 Å². The molecule has 1 nitrogen and oxygen atoms in total. The molecule has 1 N–H and O–H groups in total. The summed E-state index contributed by atoms with van der Waals surface area (Å²) in [6.45, 7) is 1.14. The van der Waals surface area contributed by atoms with Crippen LogP contribution in [0.25, 0.3) is 0 Å². The maximum absolute atomic E-state index is 6.03. The zero-order valence-electron chi connectivity index (χ0n) is 9.59. The van der Waals surface area contributed by atoms with Crippen LogP contribution in [0.3, 0.4) is 0 Å². The summed E-state index contributed by atoms with van der Waals surface area (Å²) in [5.41, 5.74) is 1.46. The van der Waals surface area contributed by atoms with Gasteiger partial charge in [0.1, 0.15) is 0 Å². The molecular formula is C12H18ClNS2. The van der Waals surface area contributed by atoms with E-state index in [-0.39, 0.29) is 0 Å². The molecule has 0 amide bonds. The van der Waals surface area contributed by atoms with E-state index in [0.717, 1.165) is 10.9 Å². The lowest BCUT2D eigenvalue weighted by molar-refractivity contribution is 0.518. The summed E-state index contributed by atoms with van der Waals surface area (Å²) in [4.78, 5) is 1.49. The Kier molecular flexibility index (Phi) is 5.01. The number of fused-ring (bicyclic) bond motifs is 1. The molecular weight excluding hydrogens is 258 g/mol. The number of thiophene rings is 1. The Balaban J connectivity index is 1.75.